The van der Waals surface area contributed by atoms with E-state index in [-0.39, 0.29) is 11.7 Å². The maximum atomic E-state index is 13.3. The van der Waals surface area contributed by atoms with E-state index in [1.54, 1.807) is 6.07 Å². The van der Waals surface area contributed by atoms with Crippen molar-refractivity contribution in [3.05, 3.63) is 34.1 Å². The van der Waals surface area contributed by atoms with Gasteiger partial charge in [0.1, 0.15) is 5.82 Å². The molecule has 5 heteroatoms. The van der Waals surface area contributed by atoms with Crippen LogP contribution in [-0.2, 0) is 11.3 Å². The summed E-state index contributed by atoms with van der Waals surface area (Å²) < 4.78 is 14.1. The summed E-state index contributed by atoms with van der Waals surface area (Å²) in [6, 6.07) is 4.97. The van der Waals surface area contributed by atoms with Crippen molar-refractivity contribution in [2.75, 3.05) is 13.1 Å². The first-order chi connectivity index (χ1) is 9.02. The highest BCUT2D eigenvalue weighted by atomic mass is 79.9. The smallest absolute Gasteiger partial charge is 0.217 e. The second-order valence-electron chi connectivity index (χ2n) is 5.17. The fraction of sp³-hybridized carbons (Fsp3) is 0.500. The van der Waals surface area contributed by atoms with Crippen molar-refractivity contribution in [1.82, 2.24) is 4.90 Å². The lowest BCUT2D eigenvalue weighted by Crippen LogP contribution is -2.34. The summed E-state index contributed by atoms with van der Waals surface area (Å²) in [5.74, 6) is -0.0199. The Labute approximate surface area is 121 Å². The highest BCUT2D eigenvalue weighted by Gasteiger charge is 2.20. The Balaban J connectivity index is 1.86. The van der Waals surface area contributed by atoms with Gasteiger partial charge in [-0.05, 0) is 55.6 Å². The van der Waals surface area contributed by atoms with Crippen molar-refractivity contribution in [2.24, 2.45) is 11.7 Å². The van der Waals surface area contributed by atoms with Crippen LogP contribution in [0.5, 0.6) is 0 Å². The molecule has 104 valence electrons. The molecule has 1 saturated heterocycles. The molecule has 0 bridgehead atoms. The minimum Gasteiger partial charge on any atom is -0.370 e. The van der Waals surface area contributed by atoms with Crippen LogP contribution in [0.2, 0.25) is 0 Å². The molecule has 0 unspecified atom stereocenters. The van der Waals surface area contributed by atoms with E-state index in [1.807, 2.05) is 6.07 Å². The molecule has 3 nitrogen and oxygen atoms in total. The number of likely N-dealkylation sites (tertiary alicyclic amines) is 1. The van der Waals surface area contributed by atoms with Crippen LogP contribution in [0.25, 0.3) is 0 Å². The number of rotatable bonds is 4. The first-order valence-electron chi connectivity index (χ1n) is 6.48. The number of nitrogens with zero attached hydrogens (tertiary/aromatic N) is 1. The maximum Gasteiger partial charge on any atom is 0.217 e. The summed E-state index contributed by atoms with van der Waals surface area (Å²) in [6.45, 7) is 2.62. The number of nitrogens with two attached hydrogens (primary N) is 1. The van der Waals surface area contributed by atoms with E-state index in [0.717, 1.165) is 42.5 Å². The molecular formula is C14H18BrFN2O. The van der Waals surface area contributed by atoms with Crippen LogP contribution in [0.15, 0.2) is 22.7 Å². The third-order valence-electron chi connectivity index (χ3n) is 3.53. The number of amides is 1. The van der Waals surface area contributed by atoms with Crippen LogP contribution in [0.3, 0.4) is 0 Å². The summed E-state index contributed by atoms with van der Waals surface area (Å²) >= 11 is 3.30. The minimum absolute atomic E-state index is 0.215. The fourth-order valence-corrected chi connectivity index (χ4v) is 3.11. The zero-order valence-corrected chi connectivity index (χ0v) is 12.3. The second kappa shape index (κ2) is 6.48. The molecule has 1 fully saturated rings. The number of hydrogen-bond donors (Lipinski definition) is 1. The lowest BCUT2D eigenvalue weighted by molar-refractivity contribution is -0.119. The zero-order chi connectivity index (χ0) is 13.8. The van der Waals surface area contributed by atoms with Gasteiger partial charge in [0.25, 0.3) is 0 Å². The lowest BCUT2D eigenvalue weighted by Gasteiger charge is -2.31. The molecule has 0 aliphatic carbocycles. The van der Waals surface area contributed by atoms with Crippen molar-refractivity contribution in [3.8, 4) is 0 Å². The lowest BCUT2D eigenvalue weighted by atomic mass is 9.93. The Morgan fingerprint density at radius 1 is 1.37 bits per heavy atom. The summed E-state index contributed by atoms with van der Waals surface area (Å²) in [5.41, 5.74) is 6.19. The molecular weight excluding hydrogens is 311 g/mol. The molecule has 1 aliphatic rings. The largest absolute Gasteiger partial charge is 0.370 e. The molecule has 0 radical (unpaired) electrons. The summed E-state index contributed by atoms with van der Waals surface area (Å²) in [7, 11) is 0. The van der Waals surface area contributed by atoms with Gasteiger partial charge in [0.2, 0.25) is 5.91 Å². The predicted molar refractivity (Wildman–Crippen MR) is 75.9 cm³/mol. The van der Waals surface area contributed by atoms with Crippen molar-refractivity contribution in [3.63, 3.8) is 0 Å². The van der Waals surface area contributed by atoms with Crippen LogP contribution in [-0.4, -0.2) is 23.9 Å². The van der Waals surface area contributed by atoms with E-state index in [4.69, 9.17) is 5.73 Å². The summed E-state index contributed by atoms with van der Waals surface area (Å²) in [4.78, 5) is 13.2. The second-order valence-corrected chi connectivity index (χ2v) is 6.08. The van der Waals surface area contributed by atoms with Gasteiger partial charge in [-0.1, -0.05) is 15.9 Å². The number of halogens is 2. The molecule has 1 aromatic rings. The van der Waals surface area contributed by atoms with Gasteiger partial charge in [0.15, 0.2) is 0 Å². The average Bonchev–Trinajstić information content (AvgIpc) is 2.29. The number of primary amides is 1. The van der Waals surface area contributed by atoms with Crippen LogP contribution in [0, 0.1) is 11.7 Å². The van der Waals surface area contributed by atoms with Gasteiger partial charge in [-0.2, -0.15) is 0 Å². The first kappa shape index (κ1) is 14.5. The van der Waals surface area contributed by atoms with Crippen molar-refractivity contribution >= 4 is 21.8 Å². The van der Waals surface area contributed by atoms with Gasteiger partial charge in [-0.25, -0.2) is 4.39 Å². The van der Waals surface area contributed by atoms with Gasteiger partial charge in [0.05, 0.1) is 0 Å². The van der Waals surface area contributed by atoms with E-state index in [9.17, 15) is 9.18 Å². The van der Waals surface area contributed by atoms with Crippen LogP contribution >= 0.6 is 15.9 Å². The van der Waals surface area contributed by atoms with E-state index in [0.29, 0.717) is 12.3 Å². The molecule has 0 aromatic heterocycles. The molecule has 1 aromatic carbocycles. The predicted octanol–water partition coefficient (Wildman–Crippen LogP) is 2.68. The third-order valence-corrected chi connectivity index (χ3v) is 3.98. The number of carbonyl (C=O) groups excluding carboxylic acids is 1. The number of benzene rings is 1. The Kier molecular flexibility index (Phi) is 4.93. The summed E-state index contributed by atoms with van der Waals surface area (Å²) in [6.07, 6.45) is 2.46. The molecule has 1 aliphatic heterocycles. The molecule has 1 amide bonds. The molecule has 0 spiro atoms. The number of carbonyl (C=O) groups is 1. The zero-order valence-electron chi connectivity index (χ0n) is 10.7. The van der Waals surface area contributed by atoms with E-state index >= 15 is 0 Å². The molecule has 0 saturated carbocycles. The van der Waals surface area contributed by atoms with Crippen LogP contribution in [0.1, 0.15) is 24.8 Å². The normalized spacial score (nSPS) is 17.6. The Morgan fingerprint density at radius 2 is 2.05 bits per heavy atom. The van der Waals surface area contributed by atoms with E-state index in [2.05, 4.69) is 20.8 Å². The molecule has 0 atom stereocenters. The van der Waals surface area contributed by atoms with Gasteiger partial charge < -0.3 is 5.73 Å². The molecule has 2 rings (SSSR count). The van der Waals surface area contributed by atoms with Crippen molar-refractivity contribution < 1.29 is 9.18 Å². The highest BCUT2D eigenvalue weighted by molar-refractivity contribution is 9.10. The first-order valence-corrected chi connectivity index (χ1v) is 7.28. The Morgan fingerprint density at radius 3 is 2.63 bits per heavy atom. The van der Waals surface area contributed by atoms with Crippen LogP contribution < -0.4 is 5.73 Å². The van der Waals surface area contributed by atoms with Crippen LogP contribution in [0.4, 0.5) is 4.39 Å². The van der Waals surface area contributed by atoms with Gasteiger partial charge in [-0.15, -0.1) is 0 Å². The fourth-order valence-electron chi connectivity index (χ4n) is 2.59. The third kappa shape index (κ3) is 4.58. The molecule has 2 N–H and O–H groups in total. The number of piperidine rings is 1. The van der Waals surface area contributed by atoms with Gasteiger partial charge in [-0.3, -0.25) is 9.69 Å². The molecule has 19 heavy (non-hydrogen) atoms. The van der Waals surface area contributed by atoms with Crippen molar-refractivity contribution in [2.45, 2.75) is 25.8 Å². The SMILES string of the molecule is NC(=O)CC1CCN(Cc2cc(F)cc(Br)c2)CC1. The minimum atomic E-state index is -0.215. The average molecular weight is 329 g/mol. The van der Waals surface area contributed by atoms with Crippen molar-refractivity contribution in [1.29, 1.82) is 0 Å². The Hall–Kier alpha value is -0.940. The highest BCUT2D eigenvalue weighted by Crippen LogP contribution is 2.22. The Bertz CT molecular complexity index is 439. The monoisotopic (exact) mass is 328 g/mol. The summed E-state index contributed by atoms with van der Waals surface area (Å²) in [5, 5.41) is 0. The van der Waals surface area contributed by atoms with E-state index < -0.39 is 0 Å². The quantitative estimate of drug-likeness (QED) is 0.923. The van der Waals surface area contributed by atoms with Gasteiger partial charge in [0, 0.05) is 17.4 Å². The standard InChI is InChI=1S/C14H18BrFN2O/c15-12-5-11(6-13(16)8-12)9-18-3-1-10(2-4-18)7-14(17)19/h5-6,8,10H,1-4,7,9H2,(H2,17,19). The van der Waals surface area contributed by atoms with Gasteiger partial charge >= 0.3 is 0 Å². The maximum absolute atomic E-state index is 13.3. The topological polar surface area (TPSA) is 46.3 Å². The number of hydrogen-bond acceptors (Lipinski definition) is 2. The van der Waals surface area contributed by atoms with E-state index in [1.165, 1.54) is 6.07 Å². The molecule has 1 heterocycles.